The maximum Gasteiger partial charge on any atom is 0.223 e. The summed E-state index contributed by atoms with van der Waals surface area (Å²) in [6.07, 6.45) is 2.57. The molecule has 1 atom stereocenters. The molecule has 0 bridgehead atoms. The van der Waals surface area contributed by atoms with Crippen LogP contribution in [0.4, 0.5) is 0 Å². The molecule has 6 heteroatoms. The highest BCUT2D eigenvalue weighted by molar-refractivity contribution is 5.77. The number of rotatable bonds is 5. The van der Waals surface area contributed by atoms with Crippen LogP contribution in [-0.2, 0) is 20.8 Å². The van der Waals surface area contributed by atoms with Crippen molar-refractivity contribution in [2.45, 2.75) is 45.7 Å². The predicted molar refractivity (Wildman–Crippen MR) is 111 cm³/mol. The minimum Gasteiger partial charge on any atom is -0.381 e. The summed E-state index contributed by atoms with van der Waals surface area (Å²) < 4.78 is 13.3. The highest BCUT2D eigenvalue weighted by atomic mass is 16.5. The fourth-order valence-electron chi connectivity index (χ4n) is 4.56. The normalized spacial score (nSPS) is 20.8. The number of benzene rings is 1. The van der Waals surface area contributed by atoms with Crippen molar-refractivity contribution in [1.82, 2.24) is 14.7 Å². The lowest BCUT2D eigenvalue weighted by Gasteiger charge is -2.37. The zero-order valence-corrected chi connectivity index (χ0v) is 17.5. The summed E-state index contributed by atoms with van der Waals surface area (Å²) in [5.41, 5.74) is 4.46. The maximum absolute atomic E-state index is 13.2. The second-order valence-corrected chi connectivity index (χ2v) is 8.17. The first-order chi connectivity index (χ1) is 14.1. The molecule has 1 amide bonds. The van der Waals surface area contributed by atoms with E-state index in [1.807, 2.05) is 30.0 Å². The molecule has 3 heterocycles. The summed E-state index contributed by atoms with van der Waals surface area (Å²) in [4.78, 5) is 15.2. The Morgan fingerprint density at radius 3 is 2.62 bits per heavy atom. The van der Waals surface area contributed by atoms with E-state index in [0.717, 1.165) is 49.6 Å². The lowest BCUT2D eigenvalue weighted by Crippen LogP contribution is -2.44. The molecule has 6 nitrogen and oxygen atoms in total. The Bertz CT molecular complexity index is 827. The summed E-state index contributed by atoms with van der Waals surface area (Å²) in [6, 6.07) is 10.3. The van der Waals surface area contributed by atoms with Gasteiger partial charge in [-0.1, -0.05) is 30.3 Å². The van der Waals surface area contributed by atoms with Crippen molar-refractivity contribution < 1.29 is 14.3 Å². The highest BCUT2D eigenvalue weighted by Crippen LogP contribution is 2.31. The van der Waals surface area contributed by atoms with Gasteiger partial charge in [0.2, 0.25) is 5.91 Å². The summed E-state index contributed by atoms with van der Waals surface area (Å²) in [7, 11) is 0. The first-order valence-corrected chi connectivity index (χ1v) is 10.7. The first kappa shape index (κ1) is 20.1. The fourth-order valence-corrected chi connectivity index (χ4v) is 4.56. The Morgan fingerprint density at radius 2 is 1.86 bits per heavy atom. The number of carbonyl (C=O) groups excluding carboxylic acids is 1. The molecule has 0 N–H and O–H groups in total. The van der Waals surface area contributed by atoms with E-state index in [9.17, 15) is 4.79 Å². The number of carbonyl (C=O) groups is 1. The van der Waals surface area contributed by atoms with E-state index in [1.165, 1.54) is 5.56 Å². The van der Waals surface area contributed by atoms with Gasteiger partial charge in [-0.2, -0.15) is 5.10 Å². The van der Waals surface area contributed by atoms with Gasteiger partial charge in [0.15, 0.2) is 0 Å². The molecular formula is C23H31N3O3. The van der Waals surface area contributed by atoms with Gasteiger partial charge in [0.05, 0.1) is 31.5 Å². The van der Waals surface area contributed by atoms with E-state index in [0.29, 0.717) is 32.1 Å². The van der Waals surface area contributed by atoms with Crippen LogP contribution in [0.1, 0.15) is 47.8 Å². The monoisotopic (exact) mass is 397 g/mol. The number of aromatic nitrogens is 2. The van der Waals surface area contributed by atoms with Gasteiger partial charge >= 0.3 is 0 Å². The molecule has 2 aliphatic heterocycles. The molecule has 2 fully saturated rings. The molecule has 2 saturated heterocycles. The Kier molecular flexibility index (Phi) is 6.31. The smallest absolute Gasteiger partial charge is 0.223 e. The van der Waals surface area contributed by atoms with E-state index >= 15 is 0 Å². The van der Waals surface area contributed by atoms with Crippen LogP contribution < -0.4 is 0 Å². The number of morpholine rings is 1. The summed E-state index contributed by atoms with van der Waals surface area (Å²) in [5.74, 6) is 0.669. The Hall–Kier alpha value is -2.18. The van der Waals surface area contributed by atoms with Crippen molar-refractivity contribution in [2.75, 3.05) is 33.0 Å². The van der Waals surface area contributed by atoms with E-state index in [-0.39, 0.29) is 11.9 Å². The van der Waals surface area contributed by atoms with Crippen LogP contribution in [0.15, 0.2) is 30.3 Å². The number of aryl methyl sites for hydroxylation is 1. The lowest BCUT2D eigenvalue weighted by atomic mass is 9.94. The molecule has 1 aromatic carbocycles. The van der Waals surface area contributed by atoms with Crippen LogP contribution >= 0.6 is 0 Å². The Morgan fingerprint density at radius 1 is 1.10 bits per heavy atom. The topological polar surface area (TPSA) is 56.6 Å². The molecule has 2 aromatic rings. The lowest BCUT2D eigenvalue weighted by molar-refractivity contribution is -0.142. The van der Waals surface area contributed by atoms with Crippen molar-refractivity contribution in [2.24, 2.45) is 5.92 Å². The summed E-state index contributed by atoms with van der Waals surface area (Å²) >= 11 is 0. The van der Waals surface area contributed by atoms with E-state index in [4.69, 9.17) is 14.6 Å². The standard InChI is InChI=1S/C23H31N3O3/c1-17-23(18(2)26(24-17)15-20-6-4-3-5-7-20)21-16-29-13-10-25(21)22(27)14-19-8-11-28-12-9-19/h3-7,19,21H,8-16H2,1-2H3. The third kappa shape index (κ3) is 4.54. The zero-order valence-electron chi connectivity index (χ0n) is 17.5. The second kappa shape index (κ2) is 9.09. The van der Waals surface area contributed by atoms with Gasteiger partial charge in [-0.05, 0) is 38.2 Å². The number of nitrogens with zero attached hydrogens (tertiary/aromatic N) is 3. The summed E-state index contributed by atoms with van der Waals surface area (Å²) in [5, 5.41) is 4.80. The molecule has 0 saturated carbocycles. The van der Waals surface area contributed by atoms with Crippen LogP contribution in [0.25, 0.3) is 0 Å². The van der Waals surface area contributed by atoms with E-state index < -0.39 is 0 Å². The van der Waals surface area contributed by atoms with Crippen LogP contribution in [0.3, 0.4) is 0 Å². The maximum atomic E-state index is 13.2. The van der Waals surface area contributed by atoms with Gasteiger partial charge in [0, 0.05) is 37.4 Å². The highest BCUT2D eigenvalue weighted by Gasteiger charge is 2.33. The number of ether oxygens (including phenoxy) is 2. The predicted octanol–water partition coefficient (Wildman–Crippen LogP) is 3.26. The molecule has 29 heavy (non-hydrogen) atoms. The van der Waals surface area contributed by atoms with Crippen LogP contribution in [0.5, 0.6) is 0 Å². The first-order valence-electron chi connectivity index (χ1n) is 10.7. The van der Waals surface area contributed by atoms with E-state index in [1.54, 1.807) is 0 Å². The van der Waals surface area contributed by atoms with Gasteiger partial charge in [-0.3, -0.25) is 9.48 Å². The molecule has 0 radical (unpaired) electrons. The molecule has 0 spiro atoms. The second-order valence-electron chi connectivity index (χ2n) is 8.17. The van der Waals surface area contributed by atoms with Crippen LogP contribution in [0, 0.1) is 19.8 Å². The largest absolute Gasteiger partial charge is 0.381 e. The third-order valence-corrected chi connectivity index (χ3v) is 6.20. The number of amides is 1. The average molecular weight is 398 g/mol. The average Bonchev–Trinajstić information content (AvgIpc) is 3.02. The van der Waals surface area contributed by atoms with Gasteiger partial charge in [-0.25, -0.2) is 0 Å². The summed E-state index contributed by atoms with van der Waals surface area (Å²) in [6.45, 7) is 8.22. The molecule has 156 valence electrons. The molecule has 1 unspecified atom stereocenters. The van der Waals surface area contributed by atoms with Crippen molar-refractivity contribution in [3.05, 3.63) is 52.8 Å². The quantitative estimate of drug-likeness (QED) is 0.777. The van der Waals surface area contributed by atoms with Gasteiger partial charge in [0.1, 0.15) is 0 Å². The van der Waals surface area contributed by atoms with Crippen LogP contribution in [-0.4, -0.2) is 53.6 Å². The Labute approximate surface area is 172 Å². The molecular weight excluding hydrogens is 366 g/mol. The SMILES string of the molecule is Cc1nn(Cc2ccccc2)c(C)c1C1COCCN1C(=O)CC1CCOCC1. The minimum atomic E-state index is -0.0550. The van der Waals surface area contributed by atoms with Crippen molar-refractivity contribution in [3.8, 4) is 0 Å². The minimum absolute atomic E-state index is 0.0550. The van der Waals surface area contributed by atoms with Crippen molar-refractivity contribution in [1.29, 1.82) is 0 Å². The molecule has 1 aromatic heterocycles. The molecule has 4 rings (SSSR count). The zero-order chi connectivity index (χ0) is 20.2. The fraction of sp³-hybridized carbons (Fsp3) is 0.565. The van der Waals surface area contributed by atoms with Gasteiger partial charge in [-0.15, -0.1) is 0 Å². The van der Waals surface area contributed by atoms with Gasteiger partial charge in [0.25, 0.3) is 0 Å². The van der Waals surface area contributed by atoms with Gasteiger partial charge < -0.3 is 14.4 Å². The van der Waals surface area contributed by atoms with E-state index in [2.05, 4.69) is 23.7 Å². The third-order valence-electron chi connectivity index (χ3n) is 6.20. The molecule has 0 aliphatic carbocycles. The van der Waals surface area contributed by atoms with Crippen molar-refractivity contribution in [3.63, 3.8) is 0 Å². The number of hydrogen-bond acceptors (Lipinski definition) is 4. The van der Waals surface area contributed by atoms with Crippen LogP contribution in [0.2, 0.25) is 0 Å². The molecule has 2 aliphatic rings. The number of hydrogen-bond donors (Lipinski definition) is 0. The Balaban J connectivity index is 1.54. The van der Waals surface area contributed by atoms with Crippen molar-refractivity contribution >= 4 is 5.91 Å².